The summed E-state index contributed by atoms with van der Waals surface area (Å²) in [5, 5.41) is 0. The van der Waals surface area contributed by atoms with Gasteiger partial charge in [-0.3, -0.25) is 0 Å². The van der Waals surface area contributed by atoms with Gasteiger partial charge in [0.25, 0.3) is 0 Å². The van der Waals surface area contributed by atoms with Crippen molar-refractivity contribution in [1.82, 2.24) is 4.98 Å². The molecule has 1 rings (SSSR count). The minimum Gasteiger partial charge on any atom is -0.434 e. The summed E-state index contributed by atoms with van der Waals surface area (Å²) in [6.07, 6.45) is 8.66. The maximum absolute atomic E-state index is 11.4. The summed E-state index contributed by atoms with van der Waals surface area (Å²) in [4.78, 5) is 14.7. The first-order valence-corrected chi connectivity index (χ1v) is 8.58. The SMILES string of the molecule is CCCCCCCCCOC(=O)OCCc1cc(C)[nH]c1C. The van der Waals surface area contributed by atoms with Gasteiger partial charge in [-0.15, -0.1) is 0 Å². The molecular formula is C18H31NO3. The van der Waals surface area contributed by atoms with Crippen LogP contribution in [0.1, 0.15) is 68.8 Å². The molecule has 0 spiro atoms. The van der Waals surface area contributed by atoms with Crippen LogP contribution >= 0.6 is 0 Å². The van der Waals surface area contributed by atoms with Gasteiger partial charge in [0, 0.05) is 17.8 Å². The molecule has 0 unspecified atom stereocenters. The highest BCUT2D eigenvalue weighted by molar-refractivity contribution is 5.59. The number of hydrogen-bond donors (Lipinski definition) is 1. The van der Waals surface area contributed by atoms with Crippen molar-refractivity contribution in [2.24, 2.45) is 0 Å². The summed E-state index contributed by atoms with van der Waals surface area (Å²) >= 11 is 0. The highest BCUT2D eigenvalue weighted by Crippen LogP contribution is 2.10. The third-order valence-electron chi connectivity index (χ3n) is 3.82. The molecule has 0 radical (unpaired) electrons. The Hall–Kier alpha value is -1.45. The Balaban J connectivity index is 1.96. The molecule has 0 amide bonds. The summed E-state index contributed by atoms with van der Waals surface area (Å²) in [6, 6.07) is 2.09. The van der Waals surface area contributed by atoms with Crippen LogP contribution in [-0.4, -0.2) is 24.4 Å². The first kappa shape index (κ1) is 18.6. The Morgan fingerprint density at radius 3 is 2.27 bits per heavy atom. The molecular weight excluding hydrogens is 278 g/mol. The maximum atomic E-state index is 11.4. The number of unbranched alkanes of at least 4 members (excludes halogenated alkanes) is 6. The van der Waals surface area contributed by atoms with Crippen LogP contribution < -0.4 is 0 Å². The number of aromatic amines is 1. The van der Waals surface area contributed by atoms with Gasteiger partial charge in [-0.2, -0.15) is 0 Å². The molecule has 4 nitrogen and oxygen atoms in total. The van der Waals surface area contributed by atoms with Crippen LogP contribution in [0.4, 0.5) is 4.79 Å². The molecule has 1 heterocycles. The number of H-pyrrole nitrogens is 1. The highest BCUT2D eigenvalue weighted by atomic mass is 16.7. The number of hydrogen-bond acceptors (Lipinski definition) is 3. The second-order valence-corrected chi connectivity index (χ2v) is 5.92. The fraction of sp³-hybridized carbons (Fsp3) is 0.722. The zero-order valence-electron chi connectivity index (χ0n) is 14.4. The second-order valence-electron chi connectivity index (χ2n) is 5.92. The molecule has 0 bridgehead atoms. The predicted molar refractivity (Wildman–Crippen MR) is 89.3 cm³/mol. The first-order chi connectivity index (χ1) is 10.6. The molecule has 1 aromatic heterocycles. The minimum atomic E-state index is -0.545. The van der Waals surface area contributed by atoms with Crippen LogP contribution in [0.15, 0.2) is 6.07 Å². The van der Waals surface area contributed by atoms with E-state index in [4.69, 9.17) is 9.47 Å². The Bertz CT molecular complexity index is 426. The highest BCUT2D eigenvalue weighted by Gasteiger charge is 2.06. The van der Waals surface area contributed by atoms with Crippen LogP contribution in [0.5, 0.6) is 0 Å². The molecule has 22 heavy (non-hydrogen) atoms. The number of carbonyl (C=O) groups is 1. The number of aromatic nitrogens is 1. The molecule has 1 N–H and O–H groups in total. The van der Waals surface area contributed by atoms with E-state index in [9.17, 15) is 4.79 Å². The number of ether oxygens (including phenoxy) is 2. The lowest BCUT2D eigenvalue weighted by Crippen LogP contribution is -2.10. The summed E-state index contributed by atoms with van der Waals surface area (Å²) < 4.78 is 10.2. The Kier molecular flexibility index (Phi) is 9.44. The van der Waals surface area contributed by atoms with Gasteiger partial charge >= 0.3 is 6.16 Å². The molecule has 0 aliphatic rings. The number of aryl methyl sites for hydroxylation is 2. The summed E-state index contributed by atoms with van der Waals surface area (Å²) in [6.45, 7) is 7.11. The van der Waals surface area contributed by atoms with Gasteiger partial charge in [0.15, 0.2) is 0 Å². The maximum Gasteiger partial charge on any atom is 0.508 e. The van der Waals surface area contributed by atoms with E-state index in [2.05, 4.69) is 18.0 Å². The zero-order chi connectivity index (χ0) is 16.2. The van der Waals surface area contributed by atoms with Crippen LogP contribution in [0.3, 0.4) is 0 Å². The third kappa shape index (κ3) is 8.11. The van der Waals surface area contributed by atoms with Gasteiger partial charge in [0.05, 0.1) is 13.2 Å². The molecule has 0 atom stereocenters. The minimum absolute atomic E-state index is 0.369. The molecule has 0 saturated carbocycles. The van der Waals surface area contributed by atoms with Crippen molar-refractivity contribution in [3.63, 3.8) is 0 Å². The van der Waals surface area contributed by atoms with Crippen LogP contribution in [0.2, 0.25) is 0 Å². The molecule has 1 aromatic rings. The summed E-state index contributed by atoms with van der Waals surface area (Å²) in [5.41, 5.74) is 3.46. The smallest absolute Gasteiger partial charge is 0.434 e. The van der Waals surface area contributed by atoms with Gasteiger partial charge < -0.3 is 14.5 Å². The molecule has 0 saturated heterocycles. The van der Waals surface area contributed by atoms with Gasteiger partial charge in [-0.05, 0) is 31.9 Å². The van der Waals surface area contributed by atoms with E-state index in [0.29, 0.717) is 13.2 Å². The topological polar surface area (TPSA) is 51.3 Å². The van der Waals surface area contributed by atoms with Crippen molar-refractivity contribution in [3.8, 4) is 0 Å². The fourth-order valence-corrected chi connectivity index (χ4v) is 2.54. The van der Waals surface area contributed by atoms with Crippen LogP contribution in [0, 0.1) is 13.8 Å². The number of rotatable bonds is 11. The molecule has 4 heteroatoms. The van der Waals surface area contributed by atoms with Gasteiger partial charge in [0.1, 0.15) is 0 Å². The second kappa shape index (κ2) is 11.2. The van der Waals surface area contributed by atoms with E-state index in [1.807, 2.05) is 13.8 Å². The van der Waals surface area contributed by atoms with Gasteiger partial charge in [-0.25, -0.2) is 4.79 Å². The molecule has 0 aliphatic heterocycles. The summed E-state index contributed by atoms with van der Waals surface area (Å²) in [7, 11) is 0. The van der Waals surface area contributed by atoms with Crippen LogP contribution in [0.25, 0.3) is 0 Å². The lowest BCUT2D eigenvalue weighted by molar-refractivity contribution is 0.0548. The van der Waals surface area contributed by atoms with Crippen molar-refractivity contribution >= 4 is 6.16 Å². The Morgan fingerprint density at radius 2 is 1.64 bits per heavy atom. The summed E-state index contributed by atoms with van der Waals surface area (Å²) in [5.74, 6) is 0. The lowest BCUT2D eigenvalue weighted by Gasteiger charge is -2.06. The van der Waals surface area contributed by atoms with Crippen molar-refractivity contribution in [2.75, 3.05) is 13.2 Å². The average molecular weight is 309 g/mol. The first-order valence-electron chi connectivity index (χ1n) is 8.58. The van der Waals surface area contributed by atoms with Gasteiger partial charge in [-0.1, -0.05) is 45.4 Å². The normalized spacial score (nSPS) is 10.7. The Morgan fingerprint density at radius 1 is 1.00 bits per heavy atom. The van der Waals surface area contributed by atoms with E-state index in [1.54, 1.807) is 0 Å². The predicted octanol–water partition coefficient (Wildman–Crippen LogP) is 5.08. The lowest BCUT2D eigenvalue weighted by atomic mass is 10.1. The molecule has 0 aromatic carbocycles. The van der Waals surface area contributed by atoms with Crippen molar-refractivity contribution in [2.45, 2.75) is 72.1 Å². The van der Waals surface area contributed by atoms with E-state index >= 15 is 0 Å². The fourth-order valence-electron chi connectivity index (χ4n) is 2.54. The van der Waals surface area contributed by atoms with Crippen LogP contribution in [-0.2, 0) is 15.9 Å². The number of nitrogens with one attached hydrogen (secondary N) is 1. The molecule has 0 aliphatic carbocycles. The van der Waals surface area contributed by atoms with E-state index in [1.165, 1.54) is 37.7 Å². The standard InChI is InChI=1S/C18H31NO3/c1-4-5-6-7-8-9-10-12-21-18(20)22-13-11-17-14-15(2)19-16(17)3/h14,19H,4-13H2,1-3H3. The monoisotopic (exact) mass is 309 g/mol. The molecule has 0 fully saturated rings. The van der Waals surface area contributed by atoms with E-state index < -0.39 is 6.16 Å². The average Bonchev–Trinajstić information content (AvgIpc) is 2.80. The Labute approximate surface area is 134 Å². The van der Waals surface area contributed by atoms with Crippen molar-refractivity contribution in [1.29, 1.82) is 0 Å². The van der Waals surface area contributed by atoms with E-state index in [0.717, 1.165) is 30.7 Å². The van der Waals surface area contributed by atoms with E-state index in [-0.39, 0.29) is 0 Å². The van der Waals surface area contributed by atoms with Gasteiger partial charge in [0.2, 0.25) is 0 Å². The quantitative estimate of drug-likeness (QED) is 0.458. The van der Waals surface area contributed by atoms with Crippen molar-refractivity contribution < 1.29 is 14.3 Å². The van der Waals surface area contributed by atoms with Crippen molar-refractivity contribution in [3.05, 3.63) is 23.0 Å². The molecule has 126 valence electrons. The largest absolute Gasteiger partial charge is 0.508 e. The third-order valence-corrected chi connectivity index (χ3v) is 3.82. The number of carbonyl (C=O) groups excluding carboxylic acids is 1. The zero-order valence-corrected chi connectivity index (χ0v) is 14.4.